The number of carboxylic acid groups (broad SMARTS) is 1. The molecule has 194 valence electrons. The van der Waals surface area contributed by atoms with Crippen LogP contribution in [0.25, 0.3) is 11.1 Å². The van der Waals surface area contributed by atoms with Crippen molar-refractivity contribution in [3.05, 3.63) is 83.2 Å². The molecule has 0 amide bonds. The number of carboxylic acids is 1. The minimum absolute atomic E-state index is 0.115. The van der Waals surface area contributed by atoms with E-state index in [1.807, 2.05) is 24.3 Å². The Morgan fingerprint density at radius 2 is 1.89 bits per heavy atom. The summed E-state index contributed by atoms with van der Waals surface area (Å²) in [4.78, 5) is 13.6. The minimum atomic E-state index is -0.912. The first-order chi connectivity index (χ1) is 17.8. The highest BCUT2D eigenvalue weighted by Gasteiger charge is 2.41. The lowest BCUT2D eigenvalue weighted by atomic mass is 9.76. The Morgan fingerprint density at radius 1 is 1.14 bits per heavy atom. The van der Waals surface area contributed by atoms with E-state index in [4.69, 9.17) is 15.2 Å². The number of hydrogen-bond donors (Lipinski definition) is 2. The first-order valence-corrected chi connectivity index (χ1v) is 12.8. The molecule has 2 aliphatic heterocycles. The Hall–Kier alpha value is -3.42. The molecule has 0 radical (unpaired) electrons. The van der Waals surface area contributed by atoms with Gasteiger partial charge in [-0.3, -0.25) is 4.79 Å². The molecular weight excluding hydrogens is 471 g/mol. The Kier molecular flexibility index (Phi) is 7.17. The van der Waals surface area contributed by atoms with Crippen molar-refractivity contribution in [1.82, 2.24) is 0 Å². The van der Waals surface area contributed by atoms with E-state index in [2.05, 4.69) is 11.0 Å². The van der Waals surface area contributed by atoms with E-state index in [1.165, 1.54) is 0 Å². The van der Waals surface area contributed by atoms with Crippen LogP contribution in [0, 0.1) is 11.2 Å². The van der Waals surface area contributed by atoms with Gasteiger partial charge in [-0.25, -0.2) is 4.39 Å². The molecule has 37 heavy (non-hydrogen) atoms. The highest BCUT2D eigenvalue weighted by atomic mass is 19.1. The van der Waals surface area contributed by atoms with Crippen LogP contribution >= 0.6 is 0 Å². The number of aliphatic carboxylic acids is 1. The first kappa shape index (κ1) is 25.2. The molecule has 6 nitrogen and oxygen atoms in total. The van der Waals surface area contributed by atoms with E-state index >= 15 is 4.39 Å². The summed E-state index contributed by atoms with van der Waals surface area (Å²) in [6.45, 7) is 5.52. The Morgan fingerprint density at radius 3 is 2.57 bits per heavy atom. The third-order valence-electron chi connectivity index (χ3n) is 7.52. The number of rotatable bonds is 8. The van der Waals surface area contributed by atoms with Crippen molar-refractivity contribution in [3.8, 4) is 16.9 Å². The molecule has 1 spiro atoms. The largest absolute Gasteiger partial charge is 0.489 e. The maximum atomic E-state index is 15.5. The Balaban J connectivity index is 1.47. The quantitative estimate of drug-likeness (QED) is 0.431. The van der Waals surface area contributed by atoms with Gasteiger partial charge in [-0.15, -0.1) is 0 Å². The molecule has 0 saturated carbocycles. The number of anilines is 1. The van der Waals surface area contributed by atoms with E-state index < -0.39 is 12.0 Å². The van der Waals surface area contributed by atoms with E-state index in [1.54, 1.807) is 37.3 Å². The zero-order chi connectivity index (χ0) is 26.0. The van der Waals surface area contributed by atoms with Crippen LogP contribution in [0.1, 0.15) is 42.5 Å². The molecule has 2 aliphatic rings. The van der Waals surface area contributed by atoms with Crippen molar-refractivity contribution in [2.45, 2.75) is 38.8 Å². The van der Waals surface area contributed by atoms with Crippen molar-refractivity contribution in [1.29, 1.82) is 0 Å². The van der Waals surface area contributed by atoms with Gasteiger partial charge in [0.05, 0.1) is 19.6 Å². The van der Waals surface area contributed by atoms with Gasteiger partial charge in [-0.2, -0.15) is 0 Å². The summed E-state index contributed by atoms with van der Waals surface area (Å²) in [5, 5.41) is 9.25. The molecule has 3 aromatic rings. The van der Waals surface area contributed by atoms with E-state index in [9.17, 15) is 9.90 Å². The van der Waals surface area contributed by atoms with Gasteiger partial charge in [-0.05, 0) is 55.2 Å². The number of nitrogens with two attached hydrogens (primary N) is 1. The highest BCUT2D eigenvalue weighted by Crippen LogP contribution is 2.40. The molecule has 0 aliphatic carbocycles. The SMILES string of the molecule is CC(N)c1cccc(-c2cc(COc3ccccc3CC(=O)O)cc(N3CCC4(CC3)COC4)c2)c1F. The summed E-state index contributed by atoms with van der Waals surface area (Å²) < 4.78 is 27.1. The fourth-order valence-electron chi connectivity index (χ4n) is 5.25. The smallest absolute Gasteiger partial charge is 0.307 e. The molecule has 1 unspecified atom stereocenters. The molecule has 2 heterocycles. The van der Waals surface area contributed by atoms with Crippen molar-refractivity contribution >= 4 is 11.7 Å². The molecule has 0 bridgehead atoms. The third-order valence-corrected chi connectivity index (χ3v) is 7.52. The summed E-state index contributed by atoms with van der Waals surface area (Å²) in [7, 11) is 0. The summed E-state index contributed by atoms with van der Waals surface area (Å²) in [5.41, 5.74) is 10.6. The zero-order valence-corrected chi connectivity index (χ0v) is 21.1. The van der Waals surface area contributed by atoms with Crippen LogP contribution in [0.5, 0.6) is 5.75 Å². The molecule has 2 fully saturated rings. The number of halogens is 1. The van der Waals surface area contributed by atoms with Crippen LogP contribution in [-0.2, 0) is 22.6 Å². The lowest BCUT2D eigenvalue weighted by molar-refractivity contribution is -0.136. The van der Waals surface area contributed by atoms with Crippen LogP contribution in [0.3, 0.4) is 0 Å². The van der Waals surface area contributed by atoms with Gasteiger partial charge in [0, 0.05) is 46.9 Å². The number of ether oxygens (including phenoxy) is 2. The van der Waals surface area contributed by atoms with E-state index in [0.717, 1.165) is 56.0 Å². The maximum absolute atomic E-state index is 15.5. The van der Waals surface area contributed by atoms with Crippen LogP contribution in [0.15, 0.2) is 60.7 Å². The maximum Gasteiger partial charge on any atom is 0.307 e. The molecule has 5 rings (SSSR count). The van der Waals surface area contributed by atoms with Crippen molar-refractivity contribution in [2.75, 3.05) is 31.2 Å². The number of piperidine rings is 1. The second-order valence-corrected chi connectivity index (χ2v) is 10.3. The summed E-state index contributed by atoms with van der Waals surface area (Å²) in [6.07, 6.45) is 2.02. The monoisotopic (exact) mass is 504 g/mol. The van der Waals surface area contributed by atoms with E-state index in [0.29, 0.717) is 27.9 Å². The molecule has 3 aromatic carbocycles. The number of benzene rings is 3. The van der Waals surface area contributed by atoms with Crippen molar-refractivity contribution < 1.29 is 23.8 Å². The average Bonchev–Trinajstić information content (AvgIpc) is 2.87. The number of hydrogen-bond acceptors (Lipinski definition) is 5. The van der Waals surface area contributed by atoms with Gasteiger partial charge in [-0.1, -0.05) is 36.4 Å². The van der Waals surface area contributed by atoms with Gasteiger partial charge < -0.3 is 25.2 Å². The van der Waals surface area contributed by atoms with Gasteiger partial charge in [0.2, 0.25) is 0 Å². The second kappa shape index (κ2) is 10.5. The van der Waals surface area contributed by atoms with Crippen LogP contribution in [0.4, 0.5) is 10.1 Å². The average molecular weight is 505 g/mol. The molecule has 7 heteroatoms. The van der Waals surface area contributed by atoms with Crippen LogP contribution in [-0.4, -0.2) is 37.4 Å². The van der Waals surface area contributed by atoms with Gasteiger partial charge >= 0.3 is 5.97 Å². The normalized spacial score (nSPS) is 17.3. The van der Waals surface area contributed by atoms with Crippen LogP contribution < -0.4 is 15.4 Å². The summed E-state index contributed by atoms with van der Waals surface area (Å²) >= 11 is 0. The predicted octanol–water partition coefficient (Wildman–Crippen LogP) is 5.34. The number of carbonyl (C=O) groups is 1. The predicted molar refractivity (Wildman–Crippen MR) is 141 cm³/mol. The molecule has 1 atom stereocenters. The lowest BCUT2D eigenvalue weighted by Crippen LogP contribution is -2.50. The zero-order valence-electron chi connectivity index (χ0n) is 21.1. The topological polar surface area (TPSA) is 85.0 Å². The standard InChI is InChI=1S/C30H33FN2O4/c1-20(32)25-6-4-7-26(29(25)31)23-13-21(17-37-27-8-3-2-5-22(27)16-28(34)35)14-24(15-23)33-11-9-30(10-12-33)18-36-19-30/h2-8,13-15,20H,9-12,16-19,32H2,1H3,(H,34,35). The van der Waals surface area contributed by atoms with Crippen molar-refractivity contribution in [3.63, 3.8) is 0 Å². The van der Waals surface area contributed by atoms with Gasteiger partial charge in [0.1, 0.15) is 18.2 Å². The molecule has 2 saturated heterocycles. The fraction of sp³-hybridized carbons (Fsp3) is 0.367. The molecule has 3 N–H and O–H groups in total. The number of para-hydroxylation sites is 1. The third kappa shape index (κ3) is 5.48. The second-order valence-electron chi connectivity index (χ2n) is 10.3. The number of nitrogens with zero attached hydrogens (tertiary/aromatic N) is 1. The Bertz CT molecular complexity index is 1280. The van der Waals surface area contributed by atoms with Gasteiger partial charge in [0.25, 0.3) is 0 Å². The minimum Gasteiger partial charge on any atom is -0.489 e. The van der Waals surface area contributed by atoms with E-state index in [-0.39, 0.29) is 18.8 Å². The molecule has 0 aromatic heterocycles. The molecular formula is C30H33FN2O4. The Labute approximate surface area is 216 Å². The highest BCUT2D eigenvalue weighted by molar-refractivity contribution is 5.72. The first-order valence-electron chi connectivity index (χ1n) is 12.8. The summed E-state index contributed by atoms with van der Waals surface area (Å²) in [5.74, 6) is -0.686. The van der Waals surface area contributed by atoms with Gasteiger partial charge in [0.15, 0.2) is 0 Å². The van der Waals surface area contributed by atoms with Crippen LogP contribution in [0.2, 0.25) is 0 Å². The fourth-order valence-corrected chi connectivity index (χ4v) is 5.25. The summed E-state index contributed by atoms with van der Waals surface area (Å²) in [6, 6.07) is 18.2. The van der Waals surface area contributed by atoms with Crippen molar-refractivity contribution in [2.24, 2.45) is 11.1 Å². The lowest BCUT2D eigenvalue weighted by Gasteiger charge is -2.48.